The number of hydrogen-bond acceptors (Lipinski definition) is 2. The van der Waals surface area contributed by atoms with Gasteiger partial charge in [0.1, 0.15) is 6.29 Å². The predicted molar refractivity (Wildman–Crippen MR) is 63.2 cm³/mol. The van der Waals surface area contributed by atoms with E-state index in [9.17, 15) is 9.59 Å². The lowest BCUT2D eigenvalue weighted by Crippen LogP contribution is -2.38. The Hall–Kier alpha value is -1.90. The summed E-state index contributed by atoms with van der Waals surface area (Å²) in [6, 6.07) is 8.75. The molecule has 1 unspecified atom stereocenters. The second kappa shape index (κ2) is 5.85. The fraction of sp³-hybridized carbons (Fsp3) is 0.231. The first-order valence-corrected chi connectivity index (χ1v) is 5.13. The molecule has 1 aromatic rings. The molecule has 0 aliphatic rings. The second-order valence-electron chi connectivity index (χ2n) is 3.47. The quantitative estimate of drug-likeness (QED) is 0.558. The van der Waals surface area contributed by atoms with Crippen molar-refractivity contribution in [3.8, 4) is 0 Å². The second-order valence-corrected chi connectivity index (χ2v) is 3.47. The van der Waals surface area contributed by atoms with Crippen LogP contribution in [-0.2, 0) is 4.79 Å². The molecule has 0 aliphatic heterocycles. The van der Waals surface area contributed by atoms with Gasteiger partial charge in [-0.2, -0.15) is 0 Å². The minimum absolute atomic E-state index is 0.0842. The van der Waals surface area contributed by atoms with E-state index in [0.717, 1.165) is 6.29 Å². The van der Waals surface area contributed by atoms with Crippen molar-refractivity contribution in [1.29, 1.82) is 0 Å². The van der Waals surface area contributed by atoms with Gasteiger partial charge < -0.3 is 9.69 Å². The van der Waals surface area contributed by atoms with Crippen LogP contribution in [0.3, 0.4) is 0 Å². The summed E-state index contributed by atoms with van der Waals surface area (Å²) in [7, 11) is 0. The van der Waals surface area contributed by atoms with E-state index in [2.05, 4.69) is 6.58 Å². The molecule has 84 valence electrons. The Bertz CT molecular complexity index is 373. The molecule has 1 atom stereocenters. The van der Waals surface area contributed by atoms with Crippen LogP contribution < -0.4 is 0 Å². The summed E-state index contributed by atoms with van der Waals surface area (Å²) in [5, 5.41) is 0. The van der Waals surface area contributed by atoms with Crippen molar-refractivity contribution in [2.75, 3.05) is 6.54 Å². The van der Waals surface area contributed by atoms with E-state index in [1.165, 1.54) is 4.90 Å². The molecule has 0 saturated heterocycles. The zero-order chi connectivity index (χ0) is 12.0. The highest BCUT2D eigenvalue weighted by Crippen LogP contribution is 2.08. The number of amides is 1. The maximum absolute atomic E-state index is 12.1. The Balaban J connectivity index is 2.91. The molecule has 0 radical (unpaired) electrons. The van der Waals surface area contributed by atoms with Crippen LogP contribution in [0.1, 0.15) is 17.3 Å². The molecule has 0 aromatic heterocycles. The third kappa shape index (κ3) is 2.79. The number of aldehydes is 1. The molecule has 16 heavy (non-hydrogen) atoms. The van der Waals surface area contributed by atoms with Crippen molar-refractivity contribution in [3.05, 3.63) is 48.6 Å². The monoisotopic (exact) mass is 217 g/mol. The smallest absolute Gasteiger partial charge is 0.254 e. The Kier molecular flexibility index (Phi) is 4.45. The summed E-state index contributed by atoms with van der Waals surface area (Å²) in [5.74, 6) is -0.153. The van der Waals surface area contributed by atoms with Crippen LogP contribution in [0.4, 0.5) is 0 Å². The number of carbonyl (C=O) groups is 2. The molecule has 1 amide bonds. The van der Waals surface area contributed by atoms with Crippen molar-refractivity contribution in [2.24, 2.45) is 0 Å². The van der Waals surface area contributed by atoms with Crippen molar-refractivity contribution >= 4 is 12.2 Å². The van der Waals surface area contributed by atoms with Gasteiger partial charge in [0.2, 0.25) is 0 Å². The fourth-order valence-corrected chi connectivity index (χ4v) is 1.39. The van der Waals surface area contributed by atoms with Crippen molar-refractivity contribution in [2.45, 2.75) is 13.0 Å². The molecular formula is C13H15NO2. The van der Waals surface area contributed by atoms with Gasteiger partial charge in [0.15, 0.2) is 0 Å². The minimum Gasteiger partial charge on any atom is -0.325 e. The third-order valence-corrected chi connectivity index (χ3v) is 2.39. The molecule has 3 nitrogen and oxygen atoms in total. The molecule has 0 fully saturated rings. The summed E-state index contributed by atoms with van der Waals surface area (Å²) in [4.78, 5) is 24.1. The van der Waals surface area contributed by atoms with Crippen molar-refractivity contribution < 1.29 is 9.59 Å². The maximum atomic E-state index is 12.1. The maximum Gasteiger partial charge on any atom is 0.254 e. The average Bonchev–Trinajstić information content (AvgIpc) is 2.35. The van der Waals surface area contributed by atoms with E-state index in [1.54, 1.807) is 30.3 Å². The van der Waals surface area contributed by atoms with Gasteiger partial charge in [0, 0.05) is 11.6 Å². The molecule has 3 heteroatoms. The Labute approximate surface area is 95.4 Å². The van der Waals surface area contributed by atoms with Crippen LogP contribution in [-0.4, -0.2) is 29.7 Å². The van der Waals surface area contributed by atoms with E-state index in [-0.39, 0.29) is 18.5 Å². The summed E-state index contributed by atoms with van der Waals surface area (Å²) >= 11 is 0. The van der Waals surface area contributed by atoms with Gasteiger partial charge in [-0.3, -0.25) is 4.79 Å². The van der Waals surface area contributed by atoms with Gasteiger partial charge in [-0.25, -0.2) is 0 Å². The normalized spacial score (nSPS) is 11.6. The van der Waals surface area contributed by atoms with Gasteiger partial charge in [-0.1, -0.05) is 24.3 Å². The number of benzene rings is 1. The van der Waals surface area contributed by atoms with Crippen LogP contribution in [0.15, 0.2) is 43.0 Å². The molecule has 0 spiro atoms. The lowest BCUT2D eigenvalue weighted by molar-refractivity contribution is -0.108. The SMILES string of the molecule is C=CC(C)N(CC=O)C(=O)c1ccccc1. The molecule has 0 aliphatic carbocycles. The summed E-state index contributed by atoms with van der Waals surface area (Å²) in [6.45, 7) is 5.54. The van der Waals surface area contributed by atoms with E-state index >= 15 is 0 Å². The van der Waals surface area contributed by atoms with Crippen molar-refractivity contribution in [1.82, 2.24) is 4.90 Å². The van der Waals surface area contributed by atoms with Gasteiger partial charge in [0.25, 0.3) is 5.91 Å². The Morgan fingerprint density at radius 2 is 2.06 bits per heavy atom. The van der Waals surface area contributed by atoms with Crippen LogP contribution in [0, 0.1) is 0 Å². The predicted octanol–water partition coefficient (Wildman–Crippen LogP) is 1.90. The highest BCUT2D eigenvalue weighted by atomic mass is 16.2. The zero-order valence-corrected chi connectivity index (χ0v) is 9.30. The zero-order valence-electron chi connectivity index (χ0n) is 9.30. The summed E-state index contributed by atoms with van der Waals surface area (Å²) in [6.07, 6.45) is 2.37. The van der Waals surface area contributed by atoms with E-state index in [0.29, 0.717) is 5.56 Å². The molecule has 1 rings (SSSR count). The van der Waals surface area contributed by atoms with Crippen molar-refractivity contribution in [3.63, 3.8) is 0 Å². The average molecular weight is 217 g/mol. The topological polar surface area (TPSA) is 37.4 Å². The summed E-state index contributed by atoms with van der Waals surface area (Å²) in [5.41, 5.74) is 0.582. The molecule has 0 saturated carbocycles. The number of hydrogen-bond donors (Lipinski definition) is 0. The van der Waals surface area contributed by atoms with Crippen LogP contribution >= 0.6 is 0 Å². The van der Waals surface area contributed by atoms with Crippen LogP contribution in [0.5, 0.6) is 0 Å². The lowest BCUT2D eigenvalue weighted by atomic mass is 10.1. The highest BCUT2D eigenvalue weighted by Gasteiger charge is 2.18. The fourth-order valence-electron chi connectivity index (χ4n) is 1.39. The van der Waals surface area contributed by atoms with E-state index in [4.69, 9.17) is 0 Å². The first-order chi connectivity index (χ1) is 7.70. The third-order valence-electron chi connectivity index (χ3n) is 2.39. The first kappa shape index (κ1) is 12.2. The van der Waals surface area contributed by atoms with Gasteiger partial charge in [-0.15, -0.1) is 6.58 Å². The largest absolute Gasteiger partial charge is 0.325 e. The first-order valence-electron chi connectivity index (χ1n) is 5.13. The number of carbonyl (C=O) groups excluding carboxylic acids is 2. The Morgan fingerprint density at radius 3 is 2.56 bits per heavy atom. The highest BCUT2D eigenvalue weighted by molar-refractivity contribution is 5.95. The molecule has 0 bridgehead atoms. The molecular weight excluding hydrogens is 202 g/mol. The lowest BCUT2D eigenvalue weighted by Gasteiger charge is -2.24. The van der Waals surface area contributed by atoms with Gasteiger partial charge in [-0.05, 0) is 19.1 Å². The van der Waals surface area contributed by atoms with Gasteiger partial charge in [0.05, 0.1) is 6.54 Å². The standard InChI is InChI=1S/C13H15NO2/c1-3-11(2)14(9-10-15)13(16)12-7-5-4-6-8-12/h3-8,10-11H,1,9H2,2H3. The molecule has 0 heterocycles. The summed E-state index contributed by atoms with van der Waals surface area (Å²) < 4.78 is 0. The van der Waals surface area contributed by atoms with Crippen LogP contribution in [0.2, 0.25) is 0 Å². The van der Waals surface area contributed by atoms with E-state index < -0.39 is 0 Å². The number of nitrogens with zero attached hydrogens (tertiary/aromatic N) is 1. The number of rotatable bonds is 5. The molecule has 0 N–H and O–H groups in total. The van der Waals surface area contributed by atoms with E-state index in [1.807, 2.05) is 13.0 Å². The molecule has 1 aromatic carbocycles. The minimum atomic E-state index is -0.155. The Morgan fingerprint density at radius 1 is 1.44 bits per heavy atom. The van der Waals surface area contributed by atoms with Crippen LogP contribution in [0.25, 0.3) is 0 Å². The van der Waals surface area contributed by atoms with Gasteiger partial charge >= 0.3 is 0 Å².